The van der Waals surface area contributed by atoms with E-state index < -0.39 is 28.3 Å². The van der Waals surface area contributed by atoms with Crippen LogP contribution >= 0.6 is 15.9 Å². The predicted molar refractivity (Wildman–Crippen MR) is 49.8 cm³/mol. The molecule has 0 saturated carbocycles. The minimum atomic E-state index is -4.80. The lowest BCUT2D eigenvalue weighted by atomic mass is 10.2. The van der Waals surface area contributed by atoms with Crippen LogP contribution in [-0.4, -0.2) is 4.98 Å². The van der Waals surface area contributed by atoms with Gasteiger partial charge in [0, 0.05) is 12.1 Å². The molecule has 0 aliphatic carbocycles. The molecule has 0 atom stereocenters. The maximum atomic E-state index is 12.4. The van der Waals surface area contributed by atoms with E-state index in [0.717, 1.165) is 6.07 Å². The van der Waals surface area contributed by atoms with Gasteiger partial charge in [0.05, 0.1) is 10.2 Å². The third kappa shape index (κ3) is 2.67. The summed E-state index contributed by atoms with van der Waals surface area (Å²) in [7, 11) is 0. The molecule has 8 heteroatoms. The number of aromatic nitrogens is 1. The lowest BCUT2D eigenvalue weighted by molar-refractivity contribution is -0.142. The molecule has 0 radical (unpaired) electrons. The van der Waals surface area contributed by atoms with Crippen LogP contribution in [0.15, 0.2) is 10.5 Å². The topological polar surface area (TPSA) is 38.9 Å². The number of pyridine rings is 1. The molecule has 0 aromatic carbocycles. The van der Waals surface area contributed by atoms with Crippen molar-refractivity contribution in [3.05, 3.63) is 27.5 Å². The average Bonchev–Trinajstić information content (AvgIpc) is 2.15. The van der Waals surface area contributed by atoms with E-state index in [1.807, 2.05) is 0 Å². The molecule has 0 fully saturated rings. The molecule has 2 N–H and O–H groups in total. The Morgan fingerprint density at radius 3 is 2.31 bits per heavy atom. The van der Waals surface area contributed by atoms with E-state index in [9.17, 15) is 22.0 Å². The fourth-order valence-electron chi connectivity index (χ4n) is 1.06. The number of hydrogen-bond acceptors (Lipinski definition) is 2. The first-order valence-electron chi connectivity index (χ1n) is 4.02. The van der Waals surface area contributed by atoms with Crippen LogP contribution in [0.3, 0.4) is 0 Å². The van der Waals surface area contributed by atoms with Crippen molar-refractivity contribution in [3.63, 3.8) is 0 Å². The Bertz CT molecular complexity index is 391. The van der Waals surface area contributed by atoms with E-state index in [4.69, 9.17) is 5.73 Å². The summed E-state index contributed by atoms with van der Waals surface area (Å²) in [6.45, 7) is -0.337. The van der Waals surface area contributed by atoms with Crippen molar-refractivity contribution >= 4 is 15.9 Å². The van der Waals surface area contributed by atoms with Crippen molar-refractivity contribution < 1.29 is 22.0 Å². The second kappa shape index (κ2) is 4.62. The van der Waals surface area contributed by atoms with Gasteiger partial charge in [-0.25, -0.2) is 13.8 Å². The summed E-state index contributed by atoms with van der Waals surface area (Å²) in [4.78, 5) is 3.17. The Kier molecular flexibility index (Phi) is 3.84. The Balaban J connectivity index is 3.44. The summed E-state index contributed by atoms with van der Waals surface area (Å²) in [6.07, 6.45) is -7.82. The highest BCUT2D eigenvalue weighted by molar-refractivity contribution is 9.10. The maximum absolute atomic E-state index is 12.4. The molecule has 1 rings (SSSR count). The molecule has 0 aliphatic heterocycles. The van der Waals surface area contributed by atoms with Gasteiger partial charge in [0.25, 0.3) is 6.43 Å². The highest BCUT2D eigenvalue weighted by Crippen LogP contribution is 2.38. The Morgan fingerprint density at radius 1 is 1.38 bits per heavy atom. The van der Waals surface area contributed by atoms with E-state index in [1.54, 1.807) is 0 Å². The van der Waals surface area contributed by atoms with Gasteiger partial charge in [0.15, 0.2) is 5.69 Å². The van der Waals surface area contributed by atoms with Crippen LogP contribution in [0.4, 0.5) is 22.0 Å². The second-order valence-corrected chi connectivity index (χ2v) is 3.66. The fourth-order valence-corrected chi connectivity index (χ4v) is 1.66. The normalized spacial score (nSPS) is 12.2. The van der Waals surface area contributed by atoms with Crippen molar-refractivity contribution in [2.75, 3.05) is 0 Å². The Morgan fingerprint density at radius 2 is 1.94 bits per heavy atom. The molecular formula is C8H6BrF5N2. The molecule has 1 aromatic rings. The van der Waals surface area contributed by atoms with Crippen LogP contribution in [-0.2, 0) is 12.7 Å². The van der Waals surface area contributed by atoms with Gasteiger partial charge >= 0.3 is 6.18 Å². The zero-order valence-corrected chi connectivity index (χ0v) is 9.24. The molecular weight excluding hydrogens is 299 g/mol. The molecule has 16 heavy (non-hydrogen) atoms. The highest BCUT2D eigenvalue weighted by Gasteiger charge is 2.37. The minimum Gasteiger partial charge on any atom is -0.325 e. The van der Waals surface area contributed by atoms with Gasteiger partial charge in [0.1, 0.15) is 0 Å². The first kappa shape index (κ1) is 13.3. The van der Waals surface area contributed by atoms with Gasteiger partial charge < -0.3 is 5.73 Å². The van der Waals surface area contributed by atoms with E-state index in [-0.39, 0.29) is 12.2 Å². The SMILES string of the molecule is NCc1cc(C(F)F)c(Br)c(C(F)(F)F)n1. The van der Waals surface area contributed by atoms with Gasteiger partial charge in [-0.3, -0.25) is 0 Å². The van der Waals surface area contributed by atoms with Crippen LogP contribution in [0.25, 0.3) is 0 Å². The maximum Gasteiger partial charge on any atom is 0.434 e. The highest BCUT2D eigenvalue weighted by atomic mass is 79.9. The van der Waals surface area contributed by atoms with Crippen molar-refractivity contribution in [1.29, 1.82) is 0 Å². The molecule has 0 unspecified atom stereocenters. The lowest BCUT2D eigenvalue weighted by Gasteiger charge is -2.13. The molecule has 90 valence electrons. The van der Waals surface area contributed by atoms with Crippen LogP contribution in [0.2, 0.25) is 0 Å². The van der Waals surface area contributed by atoms with Crippen molar-refractivity contribution in [1.82, 2.24) is 4.98 Å². The first-order chi connectivity index (χ1) is 7.27. The molecule has 0 bridgehead atoms. The number of nitrogens with two attached hydrogens (primary N) is 1. The first-order valence-corrected chi connectivity index (χ1v) is 4.81. The van der Waals surface area contributed by atoms with Crippen molar-refractivity contribution in [3.8, 4) is 0 Å². The standard InChI is InChI=1S/C8H6BrF5N2/c9-5-4(7(10)11)1-3(2-15)16-6(5)8(12,13)14/h1,7H,2,15H2. The molecule has 0 aliphatic rings. The second-order valence-electron chi connectivity index (χ2n) is 2.87. The molecule has 2 nitrogen and oxygen atoms in total. The lowest BCUT2D eigenvalue weighted by Crippen LogP contribution is -2.14. The number of hydrogen-bond donors (Lipinski definition) is 1. The summed E-state index contributed by atoms with van der Waals surface area (Å²) >= 11 is 2.48. The number of alkyl halides is 5. The molecule has 0 amide bonds. The zero-order chi connectivity index (χ0) is 12.5. The average molecular weight is 305 g/mol. The minimum absolute atomic E-state index is 0.231. The summed E-state index contributed by atoms with van der Waals surface area (Å²) in [5.41, 5.74) is 2.72. The molecule has 1 heterocycles. The Hall–Kier alpha value is -0.760. The van der Waals surface area contributed by atoms with Crippen LogP contribution in [0, 0.1) is 0 Å². The Labute approximate surface area is 95.8 Å². The zero-order valence-electron chi connectivity index (χ0n) is 7.65. The van der Waals surface area contributed by atoms with Gasteiger partial charge in [-0.15, -0.1) is 0 Å². The predicted octanol–water partition coefficient (Wildman–Crippen LogP) is 3.26. The van der Waals surface area contributed by atoms with Gasteiger partial charge in [-0.05, 0) is 22.0 Å². The monoisotopic (exact) mass is 304 g/mol. The van der Waals surface area contributed by atoms with Gasteiger partial charge in [-0.1, -0.05) is 0 Å². The van der Waals surface area contributed by atoms with Crippen LogP contribution in [0.5, 0.6) is 0 Å². The van der Waals surface area contributed by atoms with Crippen LogP contribution in [0.1, 0.15) is 23.4 Å². The fraction of sp³-hybridized carbons (Fsp3) is 0.375. The van der Waals surface area contributed by atoms with E-state index in [1.165, 1.54) is 0 Å². The number of nitrogens with zero attached hydrogens (tertiary/aromatic N) is 1. The summed E-state index contributed by atoms with van der Waals surface area (Å²) in [5, 5.41) is 0. The van der Waals surface area contributed by atoms with Gasteiger partial charge in [0.2, 0.25) is 0 Å². The number of halogens is 6. The third-order valence-electron chi connectivity index (χ3n) is 1.75. The molecule has 0 saturated heterocycles. The van der Waals surface area contributed by atoms with Crippen LogP contribution < -0.4 is 5.73 Å². The van der Waals surface area contributed by atoms with Crippen molar-refractivity contribution in [2.45, 2.75) is 19.1 Å². The number of rotatable bonds is 2. The summed E-state index contributed by atoms with van der Waals surface area (Å²) in [6, 6.07) is 0.851. The van der Waals surface area contributed by atoms with Crippen molar-refractivity contribution in [2.24, 2.45) is 5.73 Å². The molecule has 0 spiro atoms. The third-order valence-corrected chi connectivity index (χ3v) is 2.59. The van der Waals surface area contributed by atoms with E-state index in [2.05, 4.69) is 20.9 Å². The smallest absolute Gasteiger partial charge is 0.325 e. The quantitative estimate of drug-likeness (QED) is 0.852. The van der Waals surface area contributed by atoms with Gasteiger partial charge in [-0.2, -0.15) is 13.2 Å². The summed E-state index contributed by atoms with van der Waals surface area (Å²) < 4.78 is 61.4. The summed E-state index contributed by atoms with van der Waals surface area (Å²) in [5.74, 6) is 0. The largest absolute Gasteiger partial charge is 0.434 e. The molecule has 1 aromatic heterocycles. The van der Waals surface area contributed by atoms with E-state index >= 15 is 0 Å². The van der Waals surface area contributed by atoms with E-state index in [0.29, 0.717) is 0 Å².